The lowest BCUT2D eigenvalue weighted by atomic mass is 10.0. The molecule has 1 fully saturated rings. The van der Waals surface area contributed by atoms with Crippen molar-refractivity contribution in [2.24, 2.45) is 5.92 Å². The minimum atomic E-state index is -0.180. The molecular formula is C16H22N2OS. The van der Waals surface area contributed by atoms with Gasteiger partial charge in [-0.25, -0.2) is 4.79 Å². The van der Waals surface area contributed by atoms with Gasteiger partial charge in [0.05, 0.1) is 0 Å². The number of thioether (sulfide) groups is 1. The van der Waals surface area contributed by atoms with E-state index in [4.69, 9.17) is 0 Å². The molecule has 108 valence electrons. The topological polar surface area (TPSA) is 41.1 Å². The zero-order chi connectivity index (χ0) is 14.4. The molecule has 3 nitrogen and oxygen atoms in total. The molecule has 1 aliphatic carbocycles. The number of carbonyl (C=O) groups is 1. The van der Waals surface area contributed by atoms with E-state index in [2.05, 4.69) is 17.6 Å². The second-order valence-electron chi connectivity index (χ2n) is 5.20. The van der Waals surface area contributed by atoms with Gasteiger partial charge in [-0.3, -0.25) is 0 Å². The molecule has 1 aromatic rings. The Morgan fingerprint density at radius 2 is 2.10 bits per heavy atom. The van der Waals surface area contributed by atoms with E-state index in [1.807, 2.05) is 36.7 Å². The number of carbonyl (C=O) groups excluding carboxylic acids is 1. The Hall–Kier alpha value is -1.42. The first kappa shape index (κ1) is 15.0. The highest BCUT2D eigenvalue weighted by Crippen LogP contribution is 2.30. The minimum absolute atomic E-state index is 0.180. The largest absolute Gasteiger partial charge is 0.323 e. The van der Waals surface area contributed by atoms with Crippen LogP contribution in [0.15, 0.2) is 40.9 Å². The molecule has 0 atom stereocenters. The van der Waals surface area contributed by atoms with Gasteiger partial charge in [-0.05, 0) is 50.1 Å². The SMILES string of the molecule is CSc1cccc(NC(=O)N/C=C(\C)C2CCCC2)c1. The molecule has 0 unspecified atom stereocenters. The normalized spacial score (nSPS) is 16.2. The quantitative estimate of drug-likeness (QED) is 0.794. The summed E-state index contributed by atoms with van der Waals surface area (Å²) in [7, 11) is 0. The van der Waals surface area contributed by atoms with Crippen LogP contribution in [0, 0.1) is 5.92 Å². The lowest BCUT2D eigenvalue weighted by Crippen LogP contribution is -2.24. The Labute approximate surface area is 125 Å². The predicted molar refractivity (Wildman–Crippen MR) is 86.1 cm³/mol. The Bertz CT molecular complexity index is 493. The molecule has 0 radical (unpaired) electrons. The molecule has 2 rings (SSSR count). The van der Waals surface area contributed by atoms with Crippen molar-refractivity contribution in [2.45, 2.75) is 37.5 Å². The number of amides is 2. The predicted octanol–water partition coefficient (Wildman–Crippen LogP) is 4.62. The molecule has 0 saturated heterocycles. The Morgan fingerprint density at radius 3 is 2.80 bits per heavy atom. The molecule has 2 amide bonds. The van der Waals surface area contributed by atoms with Crippen LogP contribution in [0.3, 0.4) is 0 Å². The van der Waals surface area contributed by atoms with E-state index >= 15 is 0 Å². The van der Waals surface area contributed by atoms with Gasteiger partial charge in [0.2, 0.25) is 0 Å². The number of hydrogen-bond acceptors (Lipinski definition) is 2. The van der Waals surface area contributed by atoms with Crippen molar-refractivity contribution in [3.63, 3.8) is 0 Å². The van der Waals surface area contributed by atoms with Crippen LogP contribution in [0.25, 0.3) is 0 Å². The average Bonchev–Trinajstić information content (AvgIpc) is 2.99. The lowest BCUT2D eigenvalue weighted by molar-refractivity contribution is 0.255. The fraction of sp³-hybridized carbons (Fsp3) is 0.438. The van der Waals surface area contributed by atoms with Gasteiger partial charge >= 0.3 is 6.03 Å². The zero-order valence-corrected chi connectivity index (χ0v) is 12.9. The second kappa shape index (κ2) is 7.39. The maximum absolute atomic E-state index is 11.9. The van der Waals surface area contributed by atoms with Crippen molar-refractivity contribution >= 4 is 23.5 Å². The standard InChI is InChI=1S/C16H22N2OS/c1-12(13-6-3-4-7-13)11-17-16(19)18-14-8-5-9-15(10-14)20-2/h5,8-11,13H,3-4,6-7H2,1-2H3,(H2,17,18,19)/b12-11+. The molecule has 20 heavy (non-hydrogen) atoms. The van der Waals surface area contributed by atoms with Crippen molar-refractivity contribution in [3.8, 4) is 0 Å². The summed E-state index contributed by atoms with van der Waals surface area (Å²) in [6.45, 7) is 2.10. The van der Waals surface area contributed by atoms with Crippen molar-refractivity contribution in [3.05, 3.63) is 36.0 Å². The van der Waals surface area contributed by atoms with E-state index in [-0.39, 0.29) is 6.03 Å². The number of hydrogen-bond donors (Lipinski definition) is 2. The van der Waals surface area contributed by atoms with Crippen molar-refractivity contribution in [1.29, 1.82) is 0 Å². The number of urea groups is 1. The first-order valence-corrected chi connectivity index (χ1v) is 8.30. The molecule has 2 N–H and O–H groups in total. The summed E-state index contributed by atoms with van der Waals surface area (Å²) >= 11 is 1.66. The fourth-order valence-electron chi connectivity index (χ4n) is 2.55. The van der Waals surface area contributed by atoms with E-state index in [0.717, 1.165) is 10.6 Å². The summed E-state index contributed by atoms with van der Waals surface area (Å²) in [4.78, 5) is 13.0. The first-order valence-electron chi connectivity index (χ1n) is 7.07. The van der Waals surface area contributed by atoms with Crippen LogP contribution in [0.1, 0.15) is 32.6 Å². The monoisotopic (exact) mass is 290 g/mol. The van der Waals surface area contributed by atoms with Crippen LogP contribution in [-0.2, 0) is 0 Å². The summed E-state index contributed by atoms with van der Waals surface area (Å²) in [5, 5.41) is 5.68. The Balaban J connectivity index is 1.86. The molecule has 1 aliphatic rings. The van der Waals surface area contributed by atoms with E-state index < -0.39 is 0 Å². The van der Waals surface area contributed by atoms with Gasteiger partial charge in [0, 0.05) is 16.8 Å². The van der Waals surface area contributed by atoms with Gasteiger partial charge in [-0.15, -0.1) is 11.8 Å². The van der Waals surface area contributed by atoms with Crippen molar-refractivity contribution in [2.75, 3.05) is 11.6 Å². The average molecular weight is 290 g/mol. The van der Waals surface area contributed by atoms with Crippen LogP contribution >= 0.6 is 11.8 Å². The Kier molecular flexibility index (Phi) is 5.53. The third-order valence-corrected chi connectivity index (χ3v) is 4.48. The van der Waals surface area contributed by atoms with E-state index in [1.54, 1.807) is 11.8 Å². The van der Waals surface area contributed by atoms with E-state index in [1.165, 1.54) is 31.3 Å². The highest BCUT2D eigenvalue weighted by atomic mass is 32.2. The first-order chi connectivity index (χ1) is 9.69. The van der Waals surface area contributed by atoms with Crippen LogP contribution in [0.5, 0.6) is 0 Å². The smallest absolute Gasteiger partial charge is 0.314 e. The van der Waals surface area contributed by atoms with Crippen LogP contribution in [0.2, 0.25) is 0 Å². The maximum atomic E-state index is 11.9. The number of nitrogens with one attached hydrogen (secondary N) is 2. The lowest BCUT2D eigenvalue weighted by Gasteiger charge is -2.10. The molecule has 1 saturated carbocycles. The van der Waals surface area contributed by atoms with Crippen molar-refractivity contribution in [1.82, 2.24) is 5.32 Å². The van der Waals surface area contributed by atoms with Crippen LogP contribution in [0.4, 0.5) is 10.5 Å². The van der Waals surface area contributed by atoms with Gasteiger partial charge in [-0.1, -0.05) is 24.5 Å². The molecule has 4 heteroatoms. The fourth-order valence-corrected chi connectivity index (χ4v) is 3.01. The van der Waals surface area contributed by atoms with Crippen LogP contribution in [-0.4, -0.2) is 12.3 Å². The second-order valence-corrected chi connectivity index (χ2v) is 6.08. The highest BCUT2D eigenvalue weighted by Gasteiger charge is 2.16. The van der Waals surface area contributed by atoms with E-state index in [9.17, 15) is 4.79 Å². The summed E-state index contributed by atoms with van der Waals surface area (Å²) in [6.07, 6.45) is 8.99. The molecule has 0 spiro atoms. The third kappa shape index (κ3) is 4.30. The van der Waals surface area contributed by atoms with Gasteiger partial charge in [0.15, 0.2) is 0 Å². The van der Waals surface area contributed by atoms with Crippen LogP contribution < -0.4 is 10.6 Å². The van der Waals surface area contributed by atoms with Gasteiger partial charge in [0.1, 0.15) is 0 Å². The maximum Gasteiger partial charge on any atom is 0.323 e. The molecule has 0 heterocycles. The molecule has 0 bridgehead atoms. The molecule has 0 aromatic heterocycles. The zero-order valence-electron chi connectivity index (χ0n) is 12.1. The minimum Gasteiger partial charge on any atom is -0.314 e. The molecule has 0 aliphatic heterocycles. The van der Waals surface area contributed by atoms with E-state index in [0.29, 0.717) is 5.92 Å². The summed E-state index contributed by atoms with van der Waals surface area (Å²) in [6, 6.07) is 7.66. The number of benzene rings is 1. The third-order valence-electron chi connectivity index (χ3n) is 3.76. The number of allylic oxidation sites excluding steroid dienone is 1. The Morgan fingerprint density at radius 1 is 1.35 bits per heavy atom. The summed E-state index contributed by atoms with van der Waals surface area (Å²) in [5.74, 6) is 0.648. The number of anilines is 1. The van der Waals surface area contributed by atoms with Gasteiger partial charge < -0.3 is 10.6 Å². The van der Waals surface area contributed by atoms with Crippen molar-refractivity contribution < 1.29 is 4.79 Å². The highest BCUT2D eigenvalue weighted by molar-refractivity contribution is 7.98. The number of rotatable bonds is 4. The molecule has 1 aromatic carbocycles. The van der Waals surface area contributed by atoms with Gasteiger partial charge in [-0.2, -0.15) is 0 Å². The molecular weight excluding hydrogens is 268 g/mol. The van der Waals surface area contributed by atoms with Gasteiger partial charge in [0.25, 0.3) is 0 Å². The summed E-state index contributed by atoms with van der Waals surface area (Å²) in [5.41, 5.74) is 2.09. The summed E-state index contributed by atoms with van der Waals surface area (Å²) < 4.78 is 0.